The monoisotopic (exact) mass is 389 g/mol. The molecule has 3 rings (SSSR count). The normalized spacial score (nSPS) is 22.9. The zero-order valence-electron chi connectivity index (χ0n) is 15.1. The first-order chi connectivity index (χ1) is 12.9. The second-order valence-corrected chi connectivity index (χ2v) is 6.80. The van der Waals surface area contributed by atoms with Crippen molar-refractivity contribution in [2.45, 2.75) is 24.6 Å². The van der Waals surface area contributed by atoms with E-state index in [1.165, 1.54) is 31.3 Å². The summed E-state index contributed by atoms with van der Waals surface area (Å²) in [6.07, 6.45) is -4.50. The highest BCUT2D eigenvalue weighted by Crippen LogP contribution is 2.44. The van der Waals surface area contributed by atoms with E-state index in [1.54, 1.807) is 6.92 Å². The van der Waals surface area contributed by atoms with Crippen molar-refractivity contribution in [1.29, 1.82) is 0 Å². The van der Waals surface area contributed by atoms with Gasteiger partial charge in [0.25, 0.3) is 0 Å². The maximum atomic E-state index is 13.6. The Morgan fingerprint density at radius 3 is 2.32 bits per heavy atom. The number of likely N-dealkylation sites (N-methyl/N-ethyl adjacent to an activating group) is 1. The third-order valence-electron chi connectivity index (χ3n) is 4.98. The number of aliphatic imine (C=N–C) groups is 1. The highest BCUT2D eigenvalue weighted by atomic mass is 19.4. The first-order valence-corrected chi connectivity index (χ1v) is 8.30. The van der Waals surface area contributed by atoms with Crippen LogP contribution in [0.25, 0.3) is 0 Å². The average molecular weight is 389 g/mol. The van der Waals surface area contributed by atoms with Crippen LogP contribution in [0.2, 0.25) is 0 Å². The number of carbonyl (C=O) groups is 1. The number of guanidine groups is 1. The van der Waals surface area contributed by atoms with Crippen molar-refractivity contribution in [3.05, 3.63) is 65.0 Å². The predicted octanol–water partition coefficient (Wildman–Crippen LogP) is 2.42. The number of alkyl halides is 3. The Bertz CT molecular complexity index is 959. The molecule has 28 heavy (non-hydrogen) atoms. The van der Waals surface area contributed by atoms with Crippen LogP contribution in [0, 0.1) is 5.82 Å². The molecule has 2 N–H and O–H groups in total. The zero-order chi connectivity index (χ0) is 20.9. The number of hydrogen-bond acceptors (Lipinski definition) is 3. The van der Waals surface area contributed by atoms with Gasteiger partial charge in [0.1, 0.15) is 19.2 Å². The number of carbonyl (C=O) groups excluding carboxylic acids is 1. The molecule has 2 radical (unpaired) electrons. The lowest BCUT2D eigenvalue weighted by Crippen LogP contribution is -2.52. The van der Waals surface area contributed by atoms with Crippen molar-refractivity contribution >= 4 is 25.2 Å². The van der Waals surface area contributed by atoms with Crippen molar-refractivity contribution in [2.24, 2.45) is 10.7 Å². The predicted molar refractivity (Wildman–Crippen MR) is 97.7 cm³/mol. The number of benzene rings is 2. The van der Waals surface area contributed by atoms with Gasteiger partial charge in [0.15, 0.2) is 5.96 Å². The highest BCUT2D eigenvalue weighted by Gasteiger charge is 2.47. The summed E-state index contributed by atoms with van der Waals surface area (Å²) >= 11 is 0. The lowest BCUT2D eigenvalue weighted by molar-refractivity contribution is -0.137. The lowest BCUT2D eigenvalue weighted by Gasteiger charge is -2.41. The molecule has 0 unspecified atom stereocenters. The first-order valence-electron chi connectivity index (χ1n) is 8.30. The second kappa shape index (κ2) is 6.65. The molecule has 1 aliphatic rings. The molecule has 0 aliphatic carbocycles. The Kier molecular flexibility index (Phi) is 4.73. The summed E-state index contributed by atoms with van der Waals surface area (Å²) < 4.78 is 52.3. The van der Waals surface area contributed by atoms with Gasteiger partial charge in [-0.15, -0.1) is 0 Å². The van der Waals surface area contributed by atoms with Crippen molar-refractivity contribution in [3.8, 4) is 0 Å². The second-order valence-electron chi connectivity index (χ2n) is 6.80. The van der Waals surface area contributed by atoms with Crippen LogP contribution in [0.4, 0.5) is 17.6 Å². The number of amides is 1. The molecule has 0 aromatic heterocycles. The van der Waals surface area contributed by atoms with E-state index >= 15 is 0 Å². The van der Waals surface area contributed by atoms with E-state index in [0.717, 1.165) is 23.1 Å². The summed E-state index contributed by atoms with van der Waals surface area (Å²) in [6.45, 7) is 1.61. The molecule has 1 amide bonds. The van der Waals surface area contributed by atoms with Crippen LogP contribution >= 0.6 is 0 Å². The van der Waals surface area contributed by atoms with Gasteiger partial charge in [0.2, 0.25) is 5.91 Å². The summed E-state index contributed by atoms with van der Waals surface area (Å²) in [6, 6.07) is 8.21. The summed E-state index contributed by atoms with van der Waals surface area (Å²) in [7, 11) is 7.09. The number of hydrogen-bond donors (Lipinski definition) is 1. The maximum absolute atomic E-state index is 13.6. The van der Waals surface area contributed by atoms with Gasteiger partial charge in [-0.1, -0.05) is 29.7 Å². The third-order valence-corrected chi connectivity index (χ3v) is 4.98. The minimum atomic E-state index is -4.50. The quantitative estimate of drug-likeness (QED) is 0.634. The van der Waals surface area contributed by atoms with Gasteiger partial charge in [-0.2, -0.15) is 13.2 Å². The fourth-order valence-electron chi connectivity index (χ4n) is 3.35. The van der Waals surface area contributed by atoms with E-state index < -0.39 is 34.9 Å². The van der Waals surface area contributed by atoms with Gasteiger partial charge in [-0.05, 0) is 36.2 Å². The largest absolute Gasteiger partial charge is 0.416 e. The molecule has 144 valence electrons. The molecule has 0 saturated heterocycles. The minimum Gasteiger partial charge on any atom is -0.369 e. The molecule has 0 fully saturated rings. The highest BCUT2D eigenvalue weighted by molar-refractivity contribution is 6.32. The van der Waals surface area contributed by atoms with E-state index in [0.29, 0.717) is 11.1 Å². The molecule has 0 bridgehead atoms. The van der Waals surface area contributed by atoms with E-state index in [-0.39, 0.29) is 11.4 Å². The zero-order valence-corrected chi connectivity index (χ0v) is 15.1. The topological polar surface area (TPSA) is 58.7 Å². The molecule has 1 heterocycles. The van der Waals surface area contributed by atoms with Gasteiger partial charge in [-0.25, -0.2) is 9.38 Å². The fourth-order valence-corrected chi connectivity index (χ4v) is 3.35. The fraction of sp³-hybridized carbons (Fsp3) is 0.263. The molecule has 2 aromatic carbocycles. The van der Waals surface area contributed by atoms with Crippen molar-refractivity contribution in [1.82, 2.24) is 4.90 Å². The van der Waals surface area contributed by atoms with Crippen molar-refractivity contribution in [2.75, 3.05) is 7.05 Å². The standard InChI is InChI=1S/C19H16BF4N3O/c1-18(12-7-8-14(21)13(20)9-12)15(16(28)27(2)17(25)26-18)10-3-5-11(6-4-10)19(22,23)24/h3-9,15H,1-2H3,(H2,25,26)/t15-,18-/m1/s1. The number of rotatable bonds is 2. The number of halogens is 4. The van der Waals surface area contributed by atoms with Crippen LogP contribution in [0.5, 0.6) is 0 Å². The van der Waals surface area contributed by atoms with Gasteiger partial charge in [0.05, 0.1) is 11.5 Å². The summed E-state index contributed by atoms with van der Waals surface area (Å²) in [5, 5.41) is 0. The van der Waals surface area contributed by atoms with Crippen molar-refractivity contribution < 1.29 is 22.4 Å². The van der Waals surface area contributed by atoms with E-state index in [1.807, 2.05) is 0 Å². The Balaban J connectivity index is 2.17. The van der Waals surface area contributed by atoms with Crippen LogP contribution in [0.1, 0.15) is 29.5 Å². The van der Waals surface area contributed by atoms with Crippen LogP contribution < -0.4 is 11.2 Å². The van der Waals surface area contributed by atoms with Crippen molar-refractivity contribution in [3.63, 3.8) is 0 Å². The van der Waals surface area contributed by atoms with Gasteiger partial charge in [-0.3, -0.25) is 9.69 Å². The summed E-state index contributed by atoms with van der Waals surface area (Å²) in [5.41, 5.74) is 4.37. The molecule has 2 atom stereocenters. The van der Waals surface area contributed by atoms with Crippen LogP contribution in [0.15, 0.2) is 47.5 Å². The van der Waals surface area contributed by atoms with Crippen LogP contribution in [0.3, 0.4) is 0 Å². The molecule has 2 aromatic rings. The van der Waals surface area contributed by atoms with Gasteiger partial charge >= 0.3 is 6.18 Å². The maximum Gasteiger partial charge on any atom is 0.416 e. The summed E-state index contributed by atoms with van der Waals surface area (Å²) in [5.74, 6) is -2.11. The first kappa shape index (κ1) is 19.9. The molecule has 9 heteroatoms. The molecule has 0 spiro atoms. The number of nitrogens with two attached hydrogens (primary N) is 1. The minimum absolute atomic E-state index is 0.0569. The van der Waals surface area contributed by atoms with Gasteiger partial charge in [0, 0.05) is 7.05 Å². The van der Waals surface area contributed by atoms with E-state index in [9.17, 15) is 22.4 Å². The molecule has 4 nitrogen and oxygen atoms in total. The molecule has 1 aliphatic heterocycles. The SMILES string of the molecule is [B]c1cc([C@@]2(C)N=C(N)N(C)C(=O)[C@H]2c2ccc(C(F)(F)F)cc2)ccc1F. The Morgan fingerprint density at radius 2 is 1.79 bits per heavy atom. The summed E-state index contributed by atoms with van der Waals surface area (Å²) in [4.78, 5) is 18.5. The molecular formula is C19H16BF4N3O. The third kappa shape index (κ3) is 3.25. The smallest absolute Gasteiger partial charge is 0.369 e. The van der Waals surface area contributed by atoms with Gasteiger partial charge < -0.3 is 5.73 Å². The lowest BCUT2D eigenvalue weighted by atomic mass is 9.73. The number of nitrogens with zero attached hydrogens (tertiary/aromatic N) is 2. The molecule has 0 saturated carbocycles. The Morgan fingerprint density at radius 1 is 1.18 bits per heavy atom. The average Bonchev–Trinajstić information content (AvgIpc) is 2.62. The van der Waals surface area contributed by atoms with Crippen LogP contribution in [-0.4, -0.2) is 31.7 Å². The van der Waals surface area contributed by atoms with E-state index in [2.05, 4.69) is 4.99 Å². The Labute approximate surface area is 160 Å². The van der Waals surface area contributed by atoms with E-state index in [4.69, 9.17) is 13.6 Å². The van der Waals surface area contributed by atoms with Crippen LogP contribution in [-0.2, 0) is 16.5 Å². The Hall–Kier alpha value is -2.84. The molecular weight excluding hydrogens is 373 g/mol.